The minimum atomic E-state index is 0.262. The van der Waals surface area contributed by atoms with Crippen molar-refractivity contribution < 1.29 is 0 Å². The summed E-state index contributed by atoms with van der Waals surface area (Å²) in [6.07, 6.45) is 3.30. The average Bonchev–Trinajstić information content (AvgIpc) is 2.46. The molecule has 0 N–H and O–H groups in total. The average molecular weight is 284 g/mol. The first-order valence-electron chi connectivity index (χ1n) is 6.52. The minimum absolute atomic E-state index is 0.262. The Morgan fingerprint density at radius 1 is 1.05 bits per heavy atom. The summed E-state index contributed by atoms with van der Waals surface area (Å²) in [5, 5.41) is 1.63. The molecule has 20 heavy (non-hydrogen) atoms. The summed E-state index contributed by atoms with van der Waals surface area (Å²) in [5.41, 5.74) is 3.83. The van der Waals surface area contributed by atoms with Crippen molar-refractivity contribution in [2.75, 3.05) is 0 Å². The summed E-state index contributed by atoms with van der Waals surface area (Å²) in [6, 6.07) is 10.1. The number of benzene rings is 1. The molecule has 0 fully saturated rings. The van der Waals surface area contributed by atoms with Gasteiger partial charge in [-0.3, -0.25) is 4.98 Å². The van der Waals surface area contributed by atoms with Gasteiger partial charge in [-0.2, -0.15) is 0 Å². The number of aromatic nitrogens is 3. The Balaban J connectivity index is 2.23. The van der Waals surface area contributed by atoms with E-state index in [4.69, 9.17) is 11.6 Å². The highest BCUT2D eigenvalue weighted by Gasteiger charge is 2.15. The number of halogens is 1. The largest absolute Gasteiger partial charge is 0.256 e. The molecule has 4 heteroatoms. The molecule has 0 aliphatic rings. The lowest BCUT2D eigenvalue weighted by atomic mass is 9.98. The van der Waals surface area contributed by atoms with Crippen molar-refractivity contribution in [1.82, 2.24) is 15.0 Å². The van der Waals surface area contributed by atoms with Crippen molar-refractivity contribution in [3.63, 3.8) is 0 Å². The van der Waals surface area contributed by atoms with Crippen LogP contribution in [0.15, 0.2) is 42.9 Å². The predicted molar refractivity (Wildman–Crippen MR) is 81.9 cm³/mol. The smallest absolute Gasteiger partial charge is 0.136 e. The molecule has 0 aliphatic heterocycles. The molecular weight excluding hydrogens is 270 g/mol. The second-order valence-electron chi connectivity index (χ2n) is 4.99. The molecule has 0 saturated carbocycles. The van der Waals surface area contributed by atoms with Gasteiger partial charge in [0.1, 0.15) is 11.5 Å². The molecule has 0 bridgehead atoms. The highest BCUT2D eigenvalue weighted by atomic mass is 35.5. The second-order valence-corrected chi connectivity index (χ2v) is 5.35. The van der Waals surface area contributed by atoms with E-state index >= 15 is 0 Å². The topological polar surface area (TPSA) is 38.7 Å². The highest BCUT2D eigenvalue weighted by molar-refractivity contribution is 6.30. The molecule has 0 amide bonds. The van der Waals surface area contributed by atoms with Crippen LogP contribution < -0.4 is 0 Å². The molecule has 2 aromatic heterocycles. The van der Waals surface area contributed by atoms with Crippen molar-refractivity contribution in [3.8, 4) is 11.3 Å². The van der Waals surface area contributed by atoms with Crippen LogP contribution in [0.5, 0.6) is 0 Å². The lowest BCUT2D eigenvalue weighted by molar-refractivity contribution is 0.850. The zero-order chi connectivity index (χ0) is 14.1. The highest BCUT2D eigenvalue weighted by Crippen LogP contribution is 2.32. The molecule has 3 nitrogen and oxygen atoms in total. The van der Waals surface area contributed by atoms with Gasteiger partial charge in [-0.15, -0.1) is 0 Å². The molecule has 0 aliphatic carbocycles. The zero-order valence-corrected chi connectivity index (χ0v) is 12.1. The summed E-state index contributed by atoms with van der Waals surface area (Å²) in [6.45, 7) is 4.18. The third kappa shape index (κ3) is 2.25. The van der Waals surface area contributed by atoms with Crippen molar-refractivity contribution in [2.45, 2.75) is 19.8 Å². The normalized spacial score (nSPS) is 11.2. The Morgan fingerprint density at radius 2 is 1.90 bits per heavy atom. The van der Waals surface area contributed by atoms with Crippen LogP contribution in [-0.4, -0.2) is 15.0 Å². The summed E-state index contributed by atoms with van der Waals surface area (Å²) in [4.78, 5) is 12.9. The van der Waals surface area contributed by atoms with Crippen LogP contribution in [0.3, 0.4) is 0 Å². The fourth-order valence-electron chi connectivity index (χ4n) is 2.33. The number of fused-ring (bicyclic) bond motifs is 1. The monoisotopic (exact) mass is 283 g/mol. The van der Waals surface area contributed by atoms with Gasteiger partial charge in [0.25, 0.3) is 0 Å². The molecule has 0 spiro atoms. The standard InChI is InChI=1S/C16H14ClN3/c1-10(2)14-15(19-9-20-16(14)17)12-6-5-11-4-3-7-18-13(11)8-12/h3-10H,1-2H3. The number of nitrogens with zero attached hydrogens (tertiary/aromatic N) is 3. The van der Waals surface area contributed by atoms with Crippen LogP contribution in [-0.2, 0) is 0 Å². The third-order valence-electron chi connectivity index (χ3n) is 3.29. The maximum atomic E-state index is 6.23. The predicted octanol–water partition coefficient (Wildman–Crippen LogP) is 4.47. The van der Waals surface area contributed by atoms with E-state index in [9.17, 15) is 0 Å². The van der Waals surface area contributed by atoms with E-state index in [0.29, 0.717) is 5.15 Å². The van der Waals surface area contributed by atoms with Crippen LogP contribution in [0.2, 0.25) is 5.15 Å². The van der Waals surface area contributed by atoms with Gasteiger partial charge in [0.05, 0.1) is 11.2 Å². The first kappa shape index (κ1) is 13.0. The number of hydrogen-bond acceptors (Lipinski definition) is 3. The summed E-state index contributed by atoms with van der Waals surface area (Å²) >= 11 is 6.23. The Labute approximate surface area is 122 Å². The lowest BCUT2D eigenvalue weighted by Gasteiger charge is -2.13. The SMILES string of the molecule is CC(C)c1c(Cl)ncnc1-c1ccc2cccnc2c1. The maximum Gasteiger partial charge on any atom is 0.136 e. The first-order valence-corrected chi connectivity index (χ1v) is 6.90. The zero-order valence-electron chi connectivity index (χ0n) is 11.3. The lowest BCUT2D eigenvalue weighted by Crippen LogP contribution is -1.99. The maximum absolute atomic E-state index is 6.23. The first-order chi connectivity index (χ1) is 9.66. The van der Waals surface area contributed by atoms with Crippen LogP contribution in [0.1, 0.15) is 25.3 Å². The van der Waals surface area contributed by atoms with E-state index in [1.54, 1.807) is 6.20 Å². The van der Waals surface area contributed by atoms with Gasteiger partial charge in [-0.05, 0) is 18.1 Å². The van der Waals surface area contributed by atoms with Crippen LogP contribution in [0.4, 0.5) is 0 Å². The molecule has 0 unspecified atom stereocenters. The number of hydrogen-bond donors (Lipinski definition) is 0. The van der Waals surface area contributed by atoms with Gasteiger partial charge < -0.3 is 0 Å². The molecule has 3 aromatic rings. The molecule has 1 aromatic carbocycles. The fraction of sp³-hybridized carbons (Fsp3) is 0.188. The van der Waals surface area contributed by atoms with E-state index in [0.717, 1.165) is 27.7 Å². The Hall–Kier alpha value is -2.00. The Morgan fingerprint density at radius 3 is 2.70 bits per heavy atom. The van der Waals surface area contributed by atoms with E-state index in [-0.39, 0.29) is 5.92 Å². The van der Waals surface area contributed by atoms with Crippen molar-refractivity contribution in [3.05, 3.63) is 53.6 Å². The fourth-order valence-corrected chi connectivity index (χ4v) is 2.68. The molecule has 100 valence electrons. The van der Waals surface area contributed by atoms with E-state index in [2.05, 4.69) is 40.9 Å². The van der Waals surface area contributed by atoms with Gasteiger partial charge in [0, 0.05) is 22.7 Å². The summed E-state index contributed by atoms with van der Waals surface area (Å²) in [7, 11) is 0. The van der Waals surface area contributed by atoms with Crippen molar-refractivity contribution in [2.24, 2.45) is 0 Å². The molecule has 3 rings (SSSR count). The van der Waals surface area contributed by atoms with Gasteiger partial charge in [-0.1, -0.05) is 43.6 Å². The van der Waals surface area contributed by atoms with E-state index in [1.807, 2.05) is 18.2 Å². The van der Waals surface area contributed by atoms with E-state index < -0.39 is 0 Å². The molecule has 0 atom stereocenters. The minimum Gasteiger partial charge on any atom is -0.256 e. The van der Waals surface area contributed by atoms with E-state index in [1.165, 1.54) is 6.33 Å². The van der Waals surface area contributed by atoms with Crippen LogP contribution in [0.25, 0.3) is 22.2 Å². The third-order valence-corrected chi connectivity index (χ3v) is 3.59. The molecule has 0 radical (unpaired) electrons. The number of rotatable bonds is 2. The van der Waals surface area contributed by atoms with Gasteiger partial charge >= 0.3 is 0 Å². The van der Waals surface area contributed by atoms with Gasteiger partial charge in [0.15, 0.2) is 0 Å². The second kappa shape index (κ2) is 5.17. The van der Waals surface area contributed by atoms with Gasteiger partial charge in [0.2, 0.25) is 0 Å². The quantitative estimate of drug-likeness (QED) is 0.651. The summed E-state index contributed by atoms with van der Waals surface area (Å²) < 4.78 is 0. The molecule has 2 heterocycles. The van der Waals surface area contributed by atoms with Crippen molar-refractivity contribution >= 4 is 22.5 Å². The van der Waals surface area contributed by atoms with Crippen LogP contribution in [0, 0.1) is 0 Å². The van der Waals surface area contributed by atoms with Crippen molar-refractivity contribution in [1.29, 1.82) is 0 Å². The molecular formula is C16H14ClN3. The number of pyridine rings is 1. The van der Waals surface area contributed by atoms with Crippen LogP contribution >= 0.6 is 11.6 Å². The Bertz CT molecular complexity index is 769. The van der Waals surface area contributed by atoms with Gasteiger partial charge in [-0.25, -0.2) is 9.97 Å². The summed E-state index contributed by atoms with van der Waals surface area (Å²) in [5.74, 6) is 0.262. The Kier molecular flexibility index (Phi) is 3.36. The molecule has 0 saturated heterocycles.